The summed E-state index contributed by atoms with van der Waals surface area (Å²) in [6.07, 6.45) is 0. The number of methoxy groups -OCH3 is 1. The van der Waals surface area contributed by atoms with Crippen LogP contribution in [0.15, 0.2) is 78.9 Å². The summed E-state index contributed by atoms with van der Waals surface area (Å²) < 4.78 is 5.38. The van der Waals surface area contributed by atoms with Crippen LogP contribution in [0.5, 0.6) is 5.75 Å². The van der Waals surface area contributed by atoms with Crippen molar-refractivity contribution in [1.82, 2.24) is 10.3 Å². The summed E-state index contributed by atoms with van der Waals surface area (Å²) in [7, 11) is 3.25. The first-order chi connectivity index (χ1) is 13.7. The summed E-state index contributed by atoms with van der Waals surface area (Å²) in [4.78, 5) is 16.7. The van der Waals surface area contributed by atoms with Crippen molar-refractivity contribution < 1.29 is 9.53 Å². The van der Waals surface area contributed by atoms with Crippen molar-refractivity contribution in [3.8, 4) is 28.0 Å². The zero-order valence-corrected chi connectivity index (χ0v) is 15.8. The van der Waals surface area contributed by atoms with Crippen LogP contribution in [-0.4, -0.2) is 25.0 Å². The van der Waals surface area contributed by atoms with Crippen LogP contribution in [0.4, 0.5) is 0 Å². The molecule has 4 heteroatoms. The Balaban J connectivity index is 1.87. The third-order valence-electron chi connectivity index (χ3n) is 4.78. The number of nitrogens with zero attached hydrogens (tertiary/aromatic N) is 1. The first kappa shape index (κ1) is 17.7. The van der Waals surface area contributed by atoms with E-state index in [-0.39, 0.29) is 5.91 Å². The van der Waals surface area contributed by atoms with Crippen LogP contribution < -0.4 is 10.1 Å². The largest absolute Gasteiger partial charge is 0.497 e. The van der Waals surface area contributed by atoms with Gasteiger partial charge in [0.2, 0.25) is 0 Å². The van der Waals surface area contributed by atoms with Gasteiger partial charge in [-0.1, -0.05) is 54.6 Å². The van der Waals surface area contributed by atoms with Crippen molar-refractivity contribution in [3.05, 3.63) is 84.6 Å². The number of hydrogen-bond acceptors (Lipinski definition) is 3. The third-order valence-corrected chi connectivity index (χ3v) is 4.78. The molecule has 0 radical (unpaired) electrons. The summed E-state index contributed by atoms with van der Waals surface area (Å²) in [5.74, 6) is 0.545. The quantitative estimate of drug-likeness (QED) is 0.555. The van der Waals surface area contributed by atoms with Crippen LogP contribution in [0, 0.1) is 0 Å². The highest BCUT2D eigenvalue weighted by Gasteiger charge is 2.13. The molecule has 1 N–H and O–H groups in total. The second kappa shape index (κ2) is 7.53. The van der Waals surface area contributed by atoms with Gasteiger partial charge in [0.25, 0.3) is 5.91 Å². The maximum absolute atomic E-state index is 12.2. The molecule has 4 aromatic rings. The lowest BCUT2D eigenvalue weighted by atomic mass is 9.97. The molecule has 4 nitrogen and oxygen atoms in total. The van der Waals surface area contributed by atoms with Crippen molar-refractivity contribution in [2.45, 2.75) is 0 Å². The minimum Gasteiger partial charge on any atom is -0.497 e. The van der Waals surface area contributed by atoms with Gasteiger partial charge in [0.05, 0.1) is 12.6 Å². The molecule has 0 unspecified atom stereocenters. The fourth-order valence-electron chi connectivity index (χ4n) is 3.29. The van der Waals surface area contributed by atoms with Gasteiger partial charge in [-0.15, -0.1) is 0 Å². The highest BCUT2D eigenvalue weighted by atomic mass is 16.5. The molecule has 0 bridgehead atoms. The molecule has 0 aliphatic rings. The summed E-state index contributed by atoms with van der Waals surface area (Å²) in [6, 6.07) is 26.1. The number of carbonyl (C=O) groups is 1. The molecule has 3 aromatic carbocycles. The number of fused-ring (bicyclic) bond motifs is 1. The summed E-state index contributed by atoms with van der Waals surface area (Å²) >= 11 is 0. The molecule has 1 amide bonds. The Morgan fingerprint density at radius 1 is 0.857 bits per heavy atom. The van der Waals surface area contributed by atoms with E-state index in [4.69, 9.17) is 4.74 Å². The predicted molar refractivity (Wildman–Crippen MR) is 113 cm³/mol. The summed E-state index contributed by atoms with van der Waals surface area (Å²) in [5, 5.41) is 3.60. The van der Waals surface area contributed by atoms with E-state index >= 15 is 0 Å². The zero-order chi connectivity index (χ0) is 19.5. The van der Waals surface area contributed by atoms with E-state index in [1.54, 1.807) is 14.2 Å². The second-order valence-electron chi connectivity index (χ2n) is 6.46. The number of carbonyl (C=O) groups excluding carboxylic acids is 1. The Hall–Kier alpha value is -3.66. The molecule has 0 spiro atoms. The molecular formula is C24H20N2O2. The Kier molecular flexibility index (Phi) is 4.77. The van der Waals surface area contributed by atoms with Gasteiger partial charge in [-0.3, -0.25) is 4.79 Å². The predicted octanol–water partition coefficient (Wildman–Crippen LogP) is 4.94. The number of amides is 1. The highest BCUT2D eigenvalue weighted by Crippen LogP contribution is 2.32. The number of benzene rings is 3. The minimum absolute atomic E-state index is 0.208. The van der Waals surface area contributed by atoms with E-state index < -0.39 is 0 Å². The lowest BCUT2D eigenvalue weighted by molar-refractivity contribution is 0.0958. The van der Waals surface area contributed by atoms with Crippen molar-refractivity contribution in [2.75, 3.05) is 14.2 Å². The Morgan fingerprint density at radius 3 is 2.21 bits per heavy atom. The van der Waals surface area contributed by atoms with Gasteiger partial charge in [-0.05, 0) is 46.5 Å². The normalized spacial score (nSPS) is 10.6. The average Bonchev–Trinajstić information content (AvgIpc) is 2.78. The molecule has 1 aromatic heterocycles. The van der Waals surface area contributed by atoms with E-state index in [9.17, 15) is 4.79 Å². The van der Waals surface area contributed by atoms with Gasteiger partial charge in [-0.25, -0.2) is 4.98 Å². The number of rotatable bonds is 4. The lowest BCUT2D eigenvalue weighted by Gasteiger charge is -2.11. The topological polar surface area (TPSA) is 51.2 Å². The van der Waals surface area contributed by atoms with Crippen LogP contribution >= 0.6 is 0 Å². The molecule has 0 aliphatic heterocycles. The second-order valence-corrected chi connectivity index (χ2v) is 6.46. The summed E-state index contributed by atoms with van der Waals surface area (Å²) in [5.41, 5.74) is 5.42. The Labute approximate surface area is 163 Å². The smallest absolute Gasteiger partial charge is 0.269 e. The summed E-state index contributed by atoms with van der Waals surface area (Å²) in [6.45, 7) is 0. The van der Waals surface area contributed by atoms with E-state index in [0.717, 1.165) is 33.3 Å². The maximum atomic E-state index is 12.2. The molecule has 0 saturated heterocycles. The van der Waals surface area contributed by atoms with Gasteiger partial charge in [0.15, 0.2) is 0 Å². The minimum atomic E-state index is -0.208. The maximum Gasteiger partial charge on any atom is 0.269 e. The van der Waals surface area contributed by atoms with Crippen LogP contribution in [-0.2, 0) is 0 Å². The molecule has 0 saturated carbocycles. The monoisotopic (exact) mass is 368 g/mol. The van der Waals surface area contributed by atoms with Crippen molar-refractivity contribution in [2.24, 2.45) is 0 Å². The Morgan fingerprint density at radius 2 is 1.54 bits per heavy atom. The van der Waals surface area contributed by atoms with Gasteiger partial charge in [0.1, 0.15) is 11.4 Å². The highest BCUT2D eigenvalue weighted by molar-refractivity contribution is 6.01. The standard InChI is InChI=1S/C24H20N2O2/c1-25-24(27)23-15-20(21-14-19(28-2)12-13-22(21)26-23)18-10-8-17(9-11-18)16-6-4-3-5-7-16/h3-15H,1-2H3,(H,25,27). The number of ether oxygens (including phenoxy) is 1. The van der Waals surface area contributed by atoms with E-state index in [2.05, 4.69) is 46.7 Å². The molecule has 0 atom stereocenters. The molecule has 0 fully saturated rings. The molecule has 138 valence electrons. The molecule has 0 aliphatic carbocycles. The first-order valence-electron chi connectivity index (χ1n) is 9.06. The molecular weight excluding hydrogens is 348 g/mol. The van der Waals surface area contributed by atoms with Crippen molar-refractivity contribution >= 4 is 16.8 Å². The van der Waals surface area contributed by atoms with Crippen LogP contribution in [0.3, 0.4) is 0 Å². The van der Waals surface area contributed by atoms with Crippen molar-refractivity contribution in [3.63, 3.8) is 0 Å². The van der Waals surface area contributed by atoms with E-state index in [1.165, 1.54) is 5.56 Å². The van der Waals surface area contributed by atoms with Gasteiger partial charge in [0, 0.05) is 12.4 Å². The fraction of sp³-hybridized carbons (Fsp3) is 0.0833. The first-order valence-corrected chi connectivity index (χ1v) is 9.06. The fourth-order valence-corrected chi connectivity index (χ4v) is 3.29. The van der Waals surface area contributed by atoms with Crippen LogP contribution in [0.25, 0.3) is 33.2 Å². The van der Waals surface area contributed by atoms with Crippen LogP contribution in [0.2, 0.25) is 0 Å². The lowest BCUT2D eigenvalue weighted by Crippen LogP contribution is -2.19. The zero-order valence-electron chi connectivity index (χ0n) is 15.8. The Bertz CT molecular complexity index is 1140. The number of aromatic nitrogens is 1. The molecule has 28 heavy (non-hydrogen) atoms. The number of hydrogen-bond donors (Lipinski definition) is 1. The number of nitrogens with one attached hydrogen (secondary N) is 1. The van der Waals surface area contributed by atoms with Gasteiger partial charge in [-0.2, -0.15) is 0 Å². The van der Waals surface area contributed by atoms with Crippen molar-refractivity contribution in [1.29, 1.82) is 0 Å². The van der Waals surface area contributed by atoms with Crippen LogP contribution in [0.1, 0.15) is 10.5 Å². The van der Waals surface area contributed by atoms with Gasteiger partial charge >= 0.3 is 0 Å². The van der Waals surface area contributed by atoms with E-state index in [0.29, 0.717) is 5.69 Å². The average molecular weight is 368 g/mol. The SMILES string of the molecule is CNC(=O)c1cc(-c2ccc(-c3ccccc3)cc2)c2cc(OC)ccc2n1. The van der Waals surface area contributed by atoms with Gasteiger partial charge < -0.3 is 10.1 Å². The third kappa shape index (κ3) is 3.32. The van der Waals surface area contributed by atoms with E-state index in [1.807, 2.05) is 42.5 Å². The molecule has 4 rings (SSSR count). The number of pyridine rings is 1. The molecule has 1 heterocycles.